The third-order valence-corrected chi connectivity index (χ3v) is 3.45. The third kappa shape index (κ3) is 2.40. The van der Waals surface area contributed by atoms with Gasteiger partial charge in [0.2, 0.25) is 0 Å². The molecular weight excluding hydrogens is 272 g/mol. The van der Waals surface area contributed by atoms with Crippen molar-refractivity contribution in [3.63, 3.8) is 0 Å². The summed E-state index contributed by atoms with van der Waals surface area (Å²) in [7, 11) is 0. The molecule has 3 nitrogen and oxygen atoms in total. The first kappa shape index (κ1) is 12.8. The summed E-state index contributed by atoms with van der Waals surface area (Å²) in [6.45, 7) is 1.91. The van der Waals surface area contributed by atoms with Gasteiger partial charge in [0, 0.05) is 23.1 Å². The second kappa shape index (κ2) is 5.02. The largest absolute Gasteiger partial charge is 0.329 e. The molecule has 1 N–H and O–H groups in total. The average molecular weight is 285 g/mol. The molecule has 0 saturated carbocycles. The van der Waals surface area contributed by atoms with Crippen molar-refractivity contribution in [1.82, 2.24) is 4.57 Å². The number of halogens is 1. The molecule has 3 aromatic rings. The number of amides is 1. The van der Waals surface area contributed by atoms with Gasteiger partial charge in [0.05, 0.1) is 0 Å². The van der Waals surface area contributed by atoms with E-state index in [1.54, 1.807) is 16.7 Å². The molecule has 0 saturated heterocycles. The molecule has 0 spiro atoms. The van der Waals surface area contributed by atoms with E-state index in [2.05, 4.69) is 5.32 Å². The highest BCUT2D eigenvalue weighted by atomic mass is 35.5. The number of rotatable bonds is 1. The summed E-state index contributed by atoms with van der Waals surface area (Å²) in [5, 5.41) is 5.61. The van der Waals surface area contributed by atoms with E-state index in [4.69, 9.17) is 11.6 Å². The van der Waals surface area contributed by atoms with Crippen LogP contribution in [0.4, 0.5) is 10.5 Å². The topological polar surface area (TPSA) is 34.0 Å². The molecule has 2 aromatic carbocycles. The normalized spacial score (nSPS) is 10.7. The SMILES string of the molecule is Cc1cc(Cl)ccc1NC(=O)n1cc2ccccc2c1. The molecule has 20 heavy (non-hydrogen) atoms. The smallest absolute Gasteiger partial charge is 0.307 e. The second-order valence-corrected chi connectivity index (χ2v) is 5.12. The molecule has 3 rings (SSSR count). The fourth-order valence-corrected chi connectivity index (χ4v) is 2.37. The van der Waals surface area contributed by atoms with E-state index >= 15 is 0 Å². The number of carbonyl (C=O) groups is 1. The van der Waals surface area contributed by atoms with Gasteiger partial charge in [-0.1, -0.05) is 35.9 Å². The molecule has 0 aliphatic rings. The maximum atomic E-state index is 12.2. The fourth-order valence-electron chi connectivity index (χ4n) is 2.15. The van der Waals surface area contributed by atoms with Crippen LogP contribution in [0.5, 0.6) is 0 Å². The van der Waals surface area contributed by atoms with Crippen LogP contribution in [0.2, 0.25) is 5.02 Å². The van der Waals surface area contributed by atoms with Gasteiger partial charge in [-0.3, -0.25) is 4.57 Å². The zero-order valence-corrected chi connectivity index (χ0v) is 11.7. The fraction of sp³-hybridized carbons (Fsp3) is 0.0625. The van der Waals surface area contributed by atoms with E-state index in [9.17, 15) is 4.79 Å². The van der Waals surface area contributed by atoms with Crippen molar-refractivity contribution in [2.24, 2.45) is 0 Å². The van der Waals surface area contributed by atoms with Crippen molar-refractivity contribution in [2.45, 2.75) is 6.92 Å². The number of carbonyl (C=O) groups excluding carboxylic acids is 1. The quantitative estimate of drug-likeness (QED) is 0.691. The van der Waals surface area contributed by atoms with Gasteiger partial charge >= 0.3 is 6.03 Å². The Morgan fingerprint density at radius 1 is 1.10 bits per heavy atom. The highest BCUT2D eigenvalue weighted by Gasteiger charge is 2.08. The van der Waals surface area contributed by atoms with Crippen molar-refractivity contribution >= 4 is 34.1 Å². The van der Waals surface area contributed by atoms with Crippen molar-refractivity contribution in [3.05, 3.63) is 65.4 Å². The van der Waals surface area contributed by atoms with E-state index in [1.165, 1.54) is 0 Å². The Morgan fingerprint density at radius 2 is 1.75 bits per heavy atom. The number of aromatic nitrogens is 1. The van der Waals surface area contributed by atoms with Crippen molar-refractivity contribution in [1.29, 1.82) is 0 Å². The summed E-state index contributed by atoms with van der Waals surface area (Å²) in [4.78, 5) is 12.2. The maximum absolute atomic E-state index is 12.2. The van der Waals surface area contributed by atoms with Crippen LogP contribution in [0.25, 0.3) is 10.8 Å². The number of hydrogen-bond donors (Lipinski definition) is 1. The molecule has 1 heterocycles. The molecule has 1 amide bonds. The lowest BCUT2D eigenvalue weighted by Crippen LogP contribution is -2.18. The molecule has 0 radical (unpaired) electrons. The lowest BCUT2D eigenvalue weighted by Gasteiger charge is -2.08. The van der Waals surface area contributed by atoms with Crippen LogP contribution < -0.4 is 5.32 Å². The molecule has 0 fully saturated rings. The molecule has 0 unspecified atom stereocenters. The maximum Gasteiger partial charge on any atom is 0.329 e. The summed E-state index contributed by atoms with van der Waals surface area (Å²) in [6, 6.07) is 13.1. The summed E-state index contributed by atoms with van der Waals surface area (Å²) >= 11 is 5.91. The molecule has 4 heteroatoms. The number of nitrogens with zero attached hydrogens (tertiary/aromatic N) is 1. The number of fused-ring (bicyclic) bond motifs is 1. The molecular formula is C16H13ClN2O. The molecule has 0 bridgehead atoms. The van der Waals surface area contributed by atoms with Gasteiger partial charge in [0.15, 0.2) is 0 Å². The lowest BCUT2D eigenvalue weighted by atomic mass is 10.2. The van der Waals surface area contributed by atoms with Crippen LogP contribution in [0.3, 0.4) is 0 Å². The van der Waals surface area contributed by atoms with Crippen molar-refractivity contribution < 1.29 is 4.79 Å². The Labute approximate surface area is 121 Å². The standard InChI is InChI=1S/C16H13ClN2O/c1-11-8-14(17)6-7-15(11)18-16(20)19-9-12-4-2-3-5-13(12)10-19/h2-10H,1H3,(H,18,20). The minimum absolute atomic E-state index is 0.188. The number of anilines is 1. The van der Waals surface area contributed by atoms with E-state index in [0.717, 1.165) is 22.0 Å². The van der Waals surface area contributed by atoms with Crippen molar-refractivity contribution in [2.75, 3.05) is 5.32 Å². The first-order valence-corrected chi connectivity index (χ1v) is 6.65. The zero-order valence-electron chi connectivity index (χ0n) is 10.9. The Morgan fingerprint density at radius 3 is 2.35 bits per heavy atom. The molecule has 1 aromatic heterocycles. The van der Waals surface area contributed by atoms with Crippen LogP contribution in [0, 0.1) is 6.92 Å². The predicted molar refractivity (Wildman–Crippen MR) is 82.5 cm³/mol. The van der Waals surface area contributed by atoms with Gasteiger partial charge in [-0.05, 0) is 41.5 Å². The first-order valence-electron chi connectivity index (χ1n) is 6.28. The number of aryl methyl sites for hydroxylation is 1. The zero-order chi connectivity index (χ0) is 14.1. The summed E-state index contributed by atoms with van der Waals surface area (Å²) < 4.78 is 1.55. The van der Waals surface area contributed by atoms with E-state index < -0.39 is 0 Å². The molecule has 100 valence electrons. The van der Waals surface area contributed by atoms with Gasteiger partial charge < -0.3 is 5.32 Å². The average Bonchev–Trinajstić information content (AvgIpc) is 2.86. The monoisotopic (exact) mass is 284 g/mol. The van der Waals surface area contributed by atoms with Crippen LogP contribution in [-0.4, -0.2) is 10.6 Å². The van der Waals surface area contributed by atoms with Crippen LogP contribution >= 0.6 is 11.6 Å². The predicted octanol–water partition coefficient (Wildman–Crippen LogP) is 4.68. The Hall–Kier alpha value is -2.26. The van der Waals surface area contributed by atoms with Gasteiger partial charge in [-0.15, -0.1) is 0 Å². The number of hydrogen-bond acceptors (Lipinski definition) is 1. The van der Waals surface area contributed by atoms with Crippen LogP contribution in [0.15, 0.2) is 54.9 Å². The first-order chi connectivity index (χ1) is 9.63. The molecule has 0 atom stereocenters. The van der Waals surface area contributed by atoms with Crippen molar-refractivity contribution in [3.8, 4) is 0 Å². The van der Waals surface area contributed by atoms with Gasteiger partial charge in [0.1, 0.15) is 0 Å². The van der Waals surface area contributed by atoms with Gasteiger partial charge in [0.25, 0.3) is 0 Å². The Kier molecular flexibility index (Phi) is 3.20. The second-order valence-electron chi connectivity index (χ2n) is 4.68. The van der Waals surface area contributed by atoms with Crippen LogP contribution in [0.1, 0.15) is 5.56 Å². The number of benzene rings is 2. The molecule has 0 aliphatic carbocycles. The van der Waals surface area contributed by atoms with Gasteiger partial charge in [-0.2, -0.15) is 0 Å². The summed E-state index contributed by atoms with van der Waals surface area (Å²) in [5.74, 6) is 0. The van der Waals surface area contributed by atoms with Gasteiger partial charge in [-0.25, -0.2) is 4.79 Å². The lowest BCUT2D eigenvalue weighted by molar-refractivity contribution is 0.253. The number of nitrogens with one attached hydrogen (secondary N) is 1. The van der Waals surface area contributed by atoms with E-state index in [0.29, 0.717) is 5.02 Å². The van der Waals surface area contributed by atoms with E-state index in [1.807, 2.05) is 49.6 Å². The third-order valence-electron chi connectivity index (χ3n) is 3.22. The summed E-state index contributed by atoms with van der Waals surface area (Å²) in [6.07, 6.45) is 3.63. The molecule has 0 aliphatic heterocycles. The Balaban J connectivity index is 1.89. The highest BCUT2D eigenvalue weighted by molar-refractivity contribution is 6.30. The van der Waals surface area contributed by atoms with E-state index in [-0.39, 0.29) is 6.03 Å². The van der Waals surface area contributed by atoms with Crippen LogP contribution in [-0.2, 0) is 0 Å². The highest BCUT2D eigenvalue weighted by Crippen LogP contribution is 2.20. The summed E-state index contributed by atoms with van der Waals surface area (Å²) in [5.41, 5.74) is 1.69. The Bertz CT molecular complexity index is 759. The minimum Gasteiger partial charge on any atom is -0.307 e. The minimum atomic E-state index is -0.188.